The van der Waals surface area contributed by atoms with E-state index in [1.54, 1.807) is 0 Å². The fourth-order valence-corrected chi connectivity index (χ4v) is 2.84. The molecule has 1 aromatic carbocycles. The Morgan fingerprint density at radius 2 is 1.90 bits per heavy atom. The minimum Gasteiger partial charge on any atom is -0.314 e. The van der Waals surface area contributed by atoms with Gasteiger partial charge in [-0.05, 0) is 45.9 Å². The molecule has 0 saturated carbocycles. The molecule has 1 amide bonds. The highest BCUT2D eigenvalue weighted by Crippen LogP contribution is 2.21. The van der Waals surface area contributed by atoms with Gasteiger partial charge in [-0.2, -0.15) is 0 Å². The van der Waals surface area contributed by atoms with E-state index >= 15 is 0 Å². The second-order valence-corrected chi connectivity index (χ2v) is 6.06. The molecule has 1 fully saturated rings. The fraction of sp³-hybridized carbons (Fsp3) is 0.588. The summed E-state index contributed by atoms with van der Waals surface area (Å²) in [5.41, 5.74) is 1.21. The standard InChI is InChI=1S/C17H27N3O/c1-4-20(15-8-6-5-7-9-15)16(21)14-19-12-10-17(2,18-3)11-13-19/h5-9,18H,4,10-14H2,1-3H3. The van der Waals surface area contributed by atoms with Gasteiger partial charge in [0, 0.05) is 30.9 Å². The zero-order chi connectivity index (χ0) is 15.3. The Balaban J connectivity index is 1.92. The lowest BCUT2D eigenvalue weighted by Gasteiger charge is -2.39. The van der Waals surface area contributed by atoms with Crippen molar-refractivity contribution in [1.29, 1.82) is 0 Å². The van der Waals surface area contributed by atoms with Crippen LogP contribution in [0.2, 0.25) is 0 Å². The van der Waals surface area contributed by atoms with Gasteiger partial charge in [0.1, 0.15) is 0 Å². The van der Waals surface area contributed by atoms with Crippen LogP contribution in [0.4, 0.5) is 5.69 Å². The Kier molecular flexibility index (Phi) is 5.37. The molecule has 0 aromatic heterocycles. The van der Waals surface area contributed by atoms with E-state index in [1.165, 1.54) is 0 Å². The van der Waals surface area contributed by atoms with Crippen LogP contribution in [0.15, 0.2) is 30.3 Å². The smallest absolute Gasteiger partial charge is 0.241 e. The first-order valence-corrected chi connectivity index (χ1v) is 7.84. The molecule has 4 nitrogen and oxygen atoms in total. The molecule has 0 aliphatic carbocycles. The lowest BCUT2D eigenvalue weighted by Crippen LogP contribution is -2.52. The van der Waals surface area contributed by atoms with Gasteiger partial charge in [-0.3, -0.25) is 9.69 Å². The highest BCUT2D eigenvalue weighted by atomic mass is 16.2. The van der Waals surface area contributed by atoms with Crippen LogP contribution < -0.4 is 10.2 Å². The van der Waals surface area contributed by atoms with Crippen molar-refractivity contribution < 1.29 is 4.79 Å². The van der Waals surface area contributed by atoms with E-state index in [0.29, 0.717) is 13.1 Å². The monoisotopic (exact) mass is 289 g/mol. The number of para-hydroxylation sites is 1. The molecule has 0 spiro atoms. The Hall–Kier alpha value is -1.39. The third-order valence-corrected chi connectivity index (χ3v) is 4.61. The van der Waals surface area contributed by atoms with Gasteiger partial charge in [-0.25, -0.2) is 0 Å². The van der Waals surface area contributed by atoms with Crippen molar-refractivity contribution in [3.63, 3.8) is 0 Å². The lowest BCUT2D eigenvalue weighted by molar-refractivity contribution is -0.120. The molecule has 0 unspecified atom stereocenters. The molecule has 1 N–H and O–H groups in total. The van der Waals surface area contributed by atoms with Crippen LogP contribution in [0.1, 0.15) is 26.7 Å². The summed E-state index contributed by atoms with van der Waals surface area (Å²) in [4.78, 5) is 16.7. The average Bonchev–Trinajstić information content (AvgIpc) is 2.52. The maximum Gasteiger partial charge on any atom is 0.241 e. The normalized spacial score (nSPS) is 18.4. The number of hydrogen-bond acceptors (Lipinski definition) is 3. The molecule has 1 aliphatic heterocycles. The fourth-order valence-electron chi connectivity index (χ4n) is 2.84. The van der Waals surface area contributed by atoms with E-state index in [0.717, 1.165) is 31.6 Å². The largest absolute Gasteiger partial charge is 0.314 e. The Bertz CT molecular complexity index is 452. The van der Waals surface area contributed by atoms with Gasteiger partial charge in [0.05, 0.1) is 6.54 Å². The summed E-state index contributed by atoms with van der Waals surface area (Å²) < 4.78 is 0. The first-order valence-electron chi connectivity index (χ1n) is 7.84. The number of benzene rings is 1. The Labute approximate surface area is 128 Å². The quantitative estimate of drug-likeness (QED) is 0.902. The van der Waals surface area contributed by atoms with Gasteiger partial charge in [-0.1, -0.05) is 18.2 Å². The molecule has 116 valence electrons. The summed E-state index contributed by atoms with van der Waals surface area (Å²) in [5, 5.41) is 3.39. The van der Waals surface area contributed by atoms with Crippen molar-refractivity contribution in [2.45, 2.75) is 32.2 Å². The highest BCUT2D eigenvalue weighted by molar-refractivity contribution is 5.94. The molecule has 0 radical (unpaired) electrons. The predicted molar refractivity (Wildman–Crippen MR) is 87.6 cm³/mol. The van der Waals surface area contributed by atoms with E-state index in [9.17, 15) is 4.79 Å². The summed E-state index contributed by atoms with van der Waals surface area (Å²) in [6, 6.07) is 9.92. The number of amides is 1. The van der Waals surface area contributed by atoms with Crippen LogP contribution >= 0.6 is 0 Å². The minimum absolute atomic E-state index is 0.191. The van der Waals surface area contributed by atoms with Crippen LogP contribution in [-0.2, 0) is 4.79 Å². The van der Waals surface area contributed by atoms with Crippen molar-refractivity contribution in [3.05, 3.63) is 30.3 Å². The average molecular weight is 289 g/mol. The van der Waals surface area contributed by atoms with Gasteiger partial charge < -0.3 is 10.2 Å². The molecule has 1 aliphatic rings. The molecule has 0 atom stereocenters. The summed E-state index contributed by atoms with van der Waals surface area (Å²) >= 11 is 0. The number of piperidine rings is 1. The van der Waals surface area contributed by atoms with E-state index in [2.05, 4.69) is 17.1 Å². The molecule has 1 aromatic rings. The van der Waals surface area contributed by atoms with Crippen LogP contribution in [0, 0.1) is 0 Å². The topological polar surface area (TPSA) is 35.6 Å². The molecule has 4 heteroatoms. The maximum absolute atomic E-state index is 12.5. The second kappa shape index (κ2) is 7.05. The number of likely N-dealkylation sites (tertiary alicyclic amines) is 1. The van der Waals surface area contributed by atoms with Crippen LogP contribution in [0.25, 0.3) is 0 Å². The number of carbonyl (C=O) groups is 1. The molecular formula is C17H27N3O. The number of anilines is 1. The molecular weight excluding hydrogens is 262 g/mol. The maximum atomic E-state index is 12.5. The van der Waals surface area contributed by atoms with Crippen molar-refractivity contribution in [2.24, 2.45) is 0 Å². The number of likely N-dealkylation sites (N-methyl/N-ethyl adjacent to an activating group) is 1. The summed E-state index contributed by atoms with van der Waals surface area (Å²) in [5.74, 6) is 0.191. The molecule has 1 saturated heterocycles. The molecule has 2 rings (SSSR count). The van der Waals surface area contributed by atoms with Gasteiger partial charge in [0.15, 0.2) is 0 Å². The van der Waals surface area contributed by atoms with E-state index in [1.807, 2.05) is 49.2 Å². The SMILES string of the molecule is CCN(C(=O)CN1CCC(C)(NC)CC1)c1ccccc1. The molecule has 1 heterocycles. The number of hydrogen-bond donors (Lipinski definition) is 1. The number of nitrogens with one attached hydrogen (secondary N) is 1. The molecule has 21 heavy (non-hydrogen) atoms. The summed E-state index contributed by atoms with van der Waals surface area (Å²) in [6.07, 6.45) is 2.18. The van der Waals surface area contributed by atoms with Crippen molar-refractivity contribution in [3.8, 4) is 0 Å². The Morgan fingerprint density at radius 1 is 1.29 bits per heavy atom. The van der Waals surface area contributed by atoms with E-state index in [-0.39, 0.29) is 11.4 Å². The first-order chi connectivity index (χ1) is 10.1. The molecule has 0 bridgehead atoms. The van der Waals surface area contributed by atoms with Gasteiger partial charge in [0.2, 0.25) is 5.91 Å². The van der Waals surface area contributed by atoms with Crippen LogP contribution in [-0.4, -0.2) is 49.6 Å². The van der Waals surface area contributed by atoms with Crippen molar-refractivity contribution in [2.75, 3.05) is 38.1 Å². The third kappa shape index (κ3) is 4.05. The zero-order valence-corrected chi connectivity index (χ0v) is 13.4. The van der Waals surface area contributed by atoms with Gasteiger partial charge in [-0.15, -0.1) is 0 Å². The van der Waals surface area contributed by atoms with Crippen molar-refractivity contribution in [1.82, 2.24) is 10.2 Å². The van der Waals surface area contributed by atoms with Crippen LogP contribution in [0.3, 0.4) is 0 Å². The first kappa shape index (κ1) is 16.0. The zero-order valence-electron chi connectivity index (χ0n) is 13.4. The highest BCUT2D eigenvalue weighted by Gasteiger charge is 2.29. The Morgan fingerprint density at radius 3 is 2.43 bits per heavy atom. The van der Waals surface area contributed by atoms with Gasteiger partial charge >= 0.3 is 0 Å². The van der Waals surface area contributed by atoms with Crippen molar-refractivity contribution >= 4 is 11.6 Å². The minimum atomic E-state index is 0.191. The van der Waals surface area contributed by atoms with E-state index in [4.69, 9.17) is 0 Å². The predicted octanol–water partition coefficient (Wildman–Crippen LogP) is 2.11. The van der Waals surface area contributed by atoms with Gasteiger partial charge in [0.25, 0.3) is 0 Å². The lowest BCUT2D eigenvalue weighted by atomic mass is 9.90. The number of rotatable bonds is 5. The van der Waals surface area contributed by atoms with E-state index < -0.39 is 0 Å². The van der Waals surface area contributed by atoms with Crippen LogP contribution in [0.5, 0.6) is 0 Å². The summed E-state index contributed by atoms with van der Waals surface area (Å²) in [6.45, 7) is 7.48. The summed E-state index contributed by atoms with van der Waals surface area (Å²) in [7, 11) is 2.02. The third-order valence-electron chi connectivity index (χ3n) is 4.61. The number of nitrogens with zero attached hydrogens (tertiary/aromatic N) is 2. The second-order valence-electron chi connectivity index (χ2n) is 6.06. The number of carbonyl (C=O) groups excluding carboxylic acids is 1.